The normalized spacial score (nSPS) is 12.0. The van der Waals surface area contributed by atoms with E-state index in [1.54, 1.807) is 26.6 Å². The number of aryl methyl sites for hydroxylation is 1. The van der Waals surface area contributed by atoms with Crippen LogP contribution in [0.25, 0.3) is 0 Å². The zero-order valence-electron chi connectivity index (χ0n) is 12.7. The molecule has 0 fully saturated rings. The quantitative estimate of drug-likeness (QED) is 0.847. The summed E-state index contributed by atoms with van der Waals surface area (Å²) in [6.07, 6.45) is 5.18. The highest BCUT2D eigenvalue weighted by molar-refractivity contribution is 5.28. The van der Waals surface area contributed by atoms with Crippen molar-refractivity contribution in [3.8, 4) is 11.6 Å². The van der Waals surface area contributed by atoms with Crippen LogP contribution < -0.4 is 14.8 Å². The molecule has 0 aliphatic heterocycles. The number of methoxy groups -OCH3 is 2. The number of ether oxygens (including phenoxy) is 2. The maximum atomic E-state index is 5.28. The predicted octanol–water partition coefficient (Wildman–Crippen LogP) is 2.39. The minimum Gasteiger partial charge on any atom is -0.497 e. The molecule has 112 valence electrons. The van der Waals surface area contributed by atoms with Gasteiger partial charge in [-0.1, -0.05) is 12.1 Å². The molecule has 1 N–H and O–H groups in total. The Bertz CT molecular complexity index is 558. The molecule has 1 aromatic carbocycles. The minimum atomic E-state index is 0.107. The smallest absolute Gasteiger partial charge is 0.236 e. The van der Waals surface area contributed by atoms with E-state index in [4.69, 9.17) is 9.47 Å². The highest BCUT2D eigenvalue weighted by Gasteiger charge is 2.16. The van der Waals surface area contributed by atoms with E-state index < -0.39 is 0 Å². The van der Waals surface area contributed by atoms with Crippen molar-refractivity contribution >= 4 is 0 Å². The second-order valence-electron chi connectivity index (χ2n) is 4.68. The van der Waals surface area contributed by atoms with Gasteiger partial charge in [-0.05, 0) is 37.6 Å². The van der Waals surface area contributed by atoms with Crippen molar-refractivity contribution in [3.63, 3.8) is 0 Å². The molecule has 0 radical (unpaired) electrons. The summed E-state index contributed by atoms with van der Waals surface area (Å²) in [6, 6.07) is 8.23. The average molecular weight is 287 g/mol. The Morgan fingerprint density at radius 2 is 1.76 bits per heavy atom. The molecule has 0 saturated carbocycles. The Balaban J connectivity index is 2.05. The van der Waals surface area contributed by atoms with Crippen LogP contribution in [0.5, 0.6) is 11.6 Å². The lowest BCUT2D eigenvalue weighted by Crippen LogP contribution is -2.19. The van der Waals surface area contributed by atoms with Crippen molar-refractivity contribution in [2.24, 2.45) is 0 Å². The summed E-state index contributed by atoms with van der Waals surface area (Å²) in [7, 11) is 5.21. The maximum absolute atomic E-state index is 5.28. The Morgan fingerprint density at radius 1 is 1.05 bits per heavy atom. The summed E-state index contributed by atoms with van der Waals surface area (Å²) >= 11 is 0. The molecule has 5 heteroatoms. The van der Waals surface area contributed by atoms with Gasteiger partial charge >= 0.3 is 0 Å². The first-order chi connectivity index (χ1) is 10.3. The van der Waals surface area contributed by atoms with E-state index in [-0.39, 0.29) is 6.04 Å². The molecule has 0 aliphatic carbocycles. The fourth-order valence-corrected chi connectivity index (χ4v) is 2.25. The summed E-state index contributed by atoms with van der Waals surface area (Å²) in [5.41, 5.74) is 2.11. The van der Waals surface area contributed by atoms with Crippen LogP contribution in [0, 0.1) is 0 Å². The summed E-state index contributed by atoms with van der Waals surface area (Å²) in [5, 5.41) is 3.28. The monoisotopic (exact) mass is 287 g/mol. The first-order valence-corrected chi connectivity index (χ1v) is 6.93. The van der Waals surface area contributed by atoms with Crippen LogP contribution in [-0.2, 0) is 6.42 Å². The SMILES string of the molecule is CNC(CCc1ccc(OC)cc1)c1nccnc1OC. The standard InChI is InChI=1S/C16H21N3O2/c1-17-14(15-16(21-3)19-11-10-18-15)9-6-12-4-7-13(20-2)8-5-12/h4-5,7-8,10-11,14,17H,6,9H2,1-3H3. The summed E-state index contributed by atoms with van der Waals surface area (Å²) in [5.74, 6) is 1.45. The van der Waals surface area contributed by atoms with Crippen molar-refractivity contribution in [1.82, 2.24) is 15.3 Å². The molecule has 1 aromatic heterocycles. The van der Waals surface area contributed by atoms with E-state index in [0.717, 1.165) is 24.3 Å². The first kappa shape index (κ1) is 15.3. The molecule has 1 unspecified atom stereocenters. The van der Waals surface area contributed by atoms with E-state index in [2.05, 4.69) is 27.4 Å². The molecule has 1 heterocycles. The molecule has 0 saturated heterocycles. The van der Waals surface area contributed by atoms with Gasteiger partial charge in [0.2, 0.25) is 5.88 Å². The van der Waals surface area contributed by atoms with Crippen molar-refractivity contribution < 1.29 is 9.47 Å². The van der Waals surface area contributed by atoms with Gasteiger partial charge < -0.3 is 14.8 Å². The molecule has 2 aromatic rings. The van der Waals surface area contributed by atoms with E-state index in [9.17, 15) is 0 Å². The highest BCUT2D eigenvalue weighted by Crippen LogP contribution is 2.24. The maximum Gasteiger partial charge on any atom is 0.236 e. The molecule has 0 amide bonds. The van der Waals surface area contributed by atoms with Gasteiger partial charge in [-0.15, -0.1) is 0 Å². The molecule has 1 atom stereocenters. The topological polar surface area (TPSA) is 56.3 Å². The summed E-state index contributed by atoms with van der Waals surface area (Å²) < 4.78 is 10.4. The fourth-order valence-electron chi connectivity index (χ4n) is 2.25. The minimum absolute atomic E-state index is 0.107. The van der Waals surface area contributed by atoms with Crippen molar-refractivity contribution in [2.75, 3.05) is 21.3 Å². The predicted molar refractivity (Wildman–Crippen MR) is 81.7 cm³/mol. The van der Waals surface area contributed by atoms with Gasteiger partial charge in [-0.2, -0.15) is 0 Å². The number of hydrogen-bond donors (Lipinski definition) is 1. The van der Waals surface area contributed by atoms with E-state index >= 15 is 0 Å². The number of rotatable bonds is 7. The van der Waals surface area contributed by atoms with Gasteiger partial charge in [-0.3, -0.25) is 4.98 Å². The molecule has 21 heavy (non-hydrogen) atoms. The van der Waals surface area contributed by atoms with Gasteiger partial charge in [-0.25, -0.2) is 4.98 Å². The van der Waals surface area contributed by atoms with Crippen LogP contribution in [0.2, 0.25) is 0 Å². The van der Waals surface area contributed by atoms with Crippen LogP contribution >= 0.6 is 0 Å². The van der Waals surface area contributed by atoms with Crippen LogP contribution in [0.3, 0.4) is 0 Å². The van der Waals surface area contributed by atoms with Gasteiger partial charge in [0.15, 0.2) is 0 Å². The van der Waals surface area contributed by atoms with Crippen molar-refractivity contribution in [2.45, 2.75) is 18.9 Å². The van der Waals surface area contributed by atoms with Gasteiger partial charge in [0.05, 0.1) is 20.3 Å². The lowest BCUT2D eigenvalue weighted by molar-refractivity contribution is 0.377. The molecule has 2 rings (SSSR count). The third-order valence-electron chi connectivity index (χ3n) is 3.44. The average Bonchev–Trinajstić information content (AvgIpc) is 2.56. The highest BCUT2D eigenvalue weighted by atomic mass is 16.5. The van der Waals surface area contributed by atoms with Gasteiger partial charge in [0.1, 0.15) is 11.4 Å². The Kier molecular flexibility index (Phi) is 5.51. The molecule has 0 spiro atoms. The van der Waals surface area contributed by atoms with Crippen LogP contribution in [0.1, 0.15) is 23.7 Å². The van der Waals surface area contributed by atoms with E-state index in [1.807, 2.05) is 19.2 Å². The number of nitrogens with one attached hydrogen (secondary N) is 1. The van der Waals surface area contributed by atoms with Crippen molar-refractivity contribution in [1.29, 1.82) is 0 Å². The van der Waals surface area contributed by atoms with Gasteiger partial charge in [0, 0.05) is 12.4 Å². The van der Waals surface area contributed by atoms with Crippen molar-refractivity contribution in [3.05, 3.63) is 47.9 Å². The van der Waals surface area contributed by atoms with E-state index in [1.165, 1.54) is 5.56 Å². The fraction of sp³-hybridized carbons (Fsp3) is 0.375. The van der Waals surface area contributed by atoms with Crippen LogP contribution in [0.4, 0.5) is 0 Å². The van der Waals surface area contributed by atoms with Crippen LogP contribution in [-0.4, -0.2) is 31.2 Å². The number of nitrogens with zero attached hydrogens (tertiary/aromatic N) is 2. The third kappa shape index (κ3) is 3.92. The lowest BCUT2D eigenvalue weighted by Gasteiger charge is -2.17. The van der Waals surface area contributed by atoms with E-state index in [0.29, 0.717) is 5.88 Å². The zero-order chi connectivity index (χ0) is 15.1. The number of benzene rings is 1. The molecule has 0 aliphatic rings. The summed E-state index contributed by atoms with van der Waals surface area (Å²) in [6.45, 7) is 0. The molecule has 0 bridgehead atoms. The Hall–Kier alpha value is -2.14. The Morgan fingerprint density at radius 3 is 2.38 bits per heavy atom. The molecular weight excluding hydrogens is 266 g/mol. The zero-order valence-corrected chi connectivity index (χ0v) is 12.7. The lowest BCUT2D eigenvalue weighted by atomic mass is 10.0. The number of hydrogen-bond acceptors (Lipinski definition) is 5. The first-order valence-electron chi connectivity index (χ1n) is 6.93. The molecular formula is C16H21N3O2. The second kappa shape index (κ2) is 7.59. The summed E-state index contributed by atoms with van der Waals surface area (Å²) in [4.78, 5) is 8.59. The van der Waals surface area contributed by atoms with Gasteiger partial charge in [0.25, 0.3) is 0 Å². The largest absolute Gasteiger partial charge is 0.497 e. The Labute approximate surface area is 125 Å². The number of aromatic nitrogens is 2. The third-order valence-corrected chi connectivity index (χ3v) is 3.44. The van der Waals surface area contributed by atoms with Crippen LogP contribution in [0.15, 0.2) is 36.7 Å². The second-order valence-corrected chi connectivity index (χ2v) is 4.68. The molecule has 5 nitrogen and oxygen atoms in total.